The van der Waals surface area contributed by atoms with Crippen LogP contribution >= 0.6 is 0 Å². The average molecular weight is 162 g/mol. The van der Waals surface area contributed by atoms with E-state index in [-0.39, 0.29) is 5.78 Å². The van der Waals surface area contributed by atoms with E-state index in [0.717, 1.165) is 12.8 Å². The maximum absolute atomic E-state index is 10.7. The van der Waals surface area contributed by atoms with Gasteiger partial charge in [0.2, 0.25) is 0 Å². The third-order valence-corrected chi connectivity index (χ3v) is 1.84. The maximum atomic E-state index is 10.7. The molecular weight excluding hydrogens is 148 g/mol. The van der Waals surface area contributed by atoms with Gasteiger partial charge in [0.15, 0.2) is 0 Å². The molecular formula is C11H14O. The first kappa shape index (κ1) is 8.98. The predicted molar refractivity (Wildman–Crippen MR) is 50.9 cm³/mol. The van der Waals surface area contributed by atoms with Crippen molar-refractivity contribution in [3.63, 3.8) is 0 Å². The Balaban J connectivity index is 2.42. The summed E-state index contributed by atoms with van der Waals surface area (Å²) >= 11 is 0. The monoisotopic (exact) mass is 162 g/mol. The van der Waals surface area contributed by atoms with Gasteiger partial charge in [0.05, 0.1) is 0 Å². The van der Waals surface area contributed by atoms with Crippen molar-refractivity contribution in [3.8, 4) is 0 Å². The van der Waals surface area contributed by atoms with Gasteiger partial charge < -0.3 is 4.79 Å². The number of Topliss-reactive ketones (excluding diaryl/α,β-unsaturated/α-hetero) is 1. The van der Waals surface area contributed by atoms with Gasteiger partial charge in [-0.15, -0.1) is 0 Å². The van der Waals surface area contributed by atoms with E-state index in [2.05, 4.69) is 18.2 Å². The maximum Gasteiger partial charge on any atom is 0.130 e. The molecule has 0 aliphatic heterocycles. The van der Waals surface area contributed by atoms with Crippen molar-refractivity contribution < 1.29 is 4.79 Å². The molecule has 0 aromatic rings. The van der Waals surface area contributed by atoms with E-state index in [4.69, 9.17) is 0 Å². The van der Waals surface area contributed by atoms with Gasteiger partial charge in [-0.3, -0.25) is 0 Å². The lowest BCUT2D eigenvalue weighted by Crippen LogP contribution is -1.90. The minimum absolute atomic E-state index is 0.265. The predicted octanol–water partition coefficient (Wildman–Crippen LogP) is 2.80. The molecule has 0 atom stereocenters. The Morgan fingerprint density at radius 1 is 1.50 bits per heavy atom. The number of ketones is 1. The Bertz CT molecular complexity index is 244. The molecule has 1 aliphatic carbocycles. The fourth-order valence-corrected chi connectivity index (χ4v) is 1.13. The highest BCUT2D eigenvalue weighted by molar-refractivity contribution is 5.75. The molecule has 0 fully saturated rings. The third-order valence-electron chi connectivity index (χ3n) is 1.84. The van der Waals surface area contributed by atoms with Crippen molar-refractivity contribution in [2.45, 2.75) is 26.2 Å². The summed E-state index contributed by atoms with van der Waals surface area (Å²) in [6, 6.07) is 0. The summed E-state index contributed by atoms with van der Waals surface area (Å²) in [5.41, 5.74) is 1.27. The molecule has 0 heterocycles. The Hall–Kier alpha value is -1.11. The fourth-order valence-electron chi connectivity index (χ4n) is 1.13. The summed E-state index contributed by atoms with van der Waals surface area (Å²) in [5.74, 6) is 0.265. The molecule has 0 amide bonds. The number of hydrogen-bond donors (Lipinski definition) is 0. The summed E-state index contributed by atoms with van der Waals surface area (Å²) in [7, 11) is 0. The van der Waals surface area contributed by atoms with Crippen molar-refractivity contribution in [1.82, 2.24) is 0 Å². The van der Waals surface area contributed by atoms with Crippen LogP contribution in [0.2, 0.25) is 0 Å². The lowest BCUT2D eigenvalue weighted by Gasteiger charge is -1.97. The first-order valence-electron chi connectivity index (χ1n) is 4.31. The molecule has 1 rings (SSSR count). The van der Waals surface area contributed by atoms with Crippen LogP contribution in [-0.2, 0) is 4.79 Å². The lowest BCUT2D eigenvalue weighted by atomic mass is 10.1. The molecule has 64 valence electrons. The van der Waals surface area contributed by atoms with E-state index in [0.29, 0.717) is 6.42 Å². The molecule has 0 radical (unpaired) electrons. The van der Waals surface area contributed by atoms with Gasteiger partial charge in [0.25, 0.3) is 0 Å². The minimum Gasteiger partial charge on any atom is -0.300 e. The van der Waals surface area contributed by atoms with Gasteiger partial charge in [-0.25, -0.2) is 0 Å². The zero-order valence-corrected chi connectivity index (χ0v) is 7.42. The highest BCUT2D eigenvalue weighted by atomic mass is 16.1. The van der Waals surface area contributed by atoms with E-state index in [9.17, 15) is 4.79 Å². The van der Waals surface area contributed by atoms with Crippen LogP contribution in [0.25, 0.3) is 0 Å². The van der Waals surface area contributed by atoms with Gasteiger partial charge in [-0.2, -0.15) is 0 Å². The lowest BCUT2D eigenvalue weighted by molar-refractivity contribution is -0.116. The zero-order chi connectivity index (χ0) is 8.81. The Labute approximate surface area is 73.5 Å². The standard InChI is InChI=1S/C11H14O/c1-10(12)8-9-11-6-4-2-3-5-7-11/h2-4,6-7H,5,8-9H2,1H3. The second-order valence-electron chi connectivity index (χ2n) is 3.00. The first-order chi connectivity index (χ1) is 5.79. The number of rotatable bonds is 3. The normalized spacial score (nSPS) is 15.6. The molecule has 0 saturated heterocycles. The average Bonchev–Trinajstić information content (AvgIpc) is 2.28. The van der Waals surface area contributed by atoms with Crippen LogP contribution in [0.1, 0.15) is 26.2 Å². The molecule has 0 aromatic carbocycles. The molecule has 12 heavy (non-hydrogen) atoms. The Morgan fingerprint density at radius 3 is 3.08 bits per heavy atom. The highest BCUT2D eigenvalue weighted by Crippen LogP contribution is 2.11. The van der Waals surface area contributed by atoms with Crippen molar-refractivity contribution in [2.75, 3.05) is 0 Å². The van der Waals surface area contributed by atoms with Crippen LogP contribution in [0.3, 0.4) is 0 Å². The fraction of sp³-hybridized carbons (Fsp3) is 0.364. The van der Waals surface area contributed by atoms with Crippen LogP contribution in [-0.4, -0.2) is 5.78 Å². The Kier molecular flexibility index (Phi) is 3.52. The van der Waals surface area contributed by atoms with Crippen molar-refractivity contribution in [3.05, 3.63) is 36.0 Å². The summed E-state index contributed by atoms with van der Waals surface area (Å²) in [4.78, 5) is 10.7. The largest absolute Gasteiger partial charge is 0.300 e. The number of carbonyl (C=O) groups excluding carboxylic acids is 1. The van der Waals surface area contributed by atoms with Crippen LogP contribution in [0.5, 0.6) is 0 Å². The van der Waals surface area contributed by atoms with E-state index in [1.165, 1.54) is 5.57 Å². The number of allylic oxidation sites excluding steroid dienone is 6. The molecule has 0 saturated carbocycles. The molecule has 1 aliphatic rings. The molecule has 0 N–H and O–H groups in total. The SMILES string of the molecule is CC(=O)CCC1=CCC=CC=C1. The second-order valence-corrected chi connectivity index (χ2v) is 3.00. The zero-order valence-electron chi connectivity index (χ0n) is 7.42. The molecule has 0 aromatic heterocycles. The third kappa shape index (κ3) is 3.33. The first-order valence-corrected chi connectivity index (χ1v) is 4.31. The van der Waals surface area contributed by atoms with Gasteiger partial charge in [-0.05, 0) is 19.8 Å². The smallest absolute Gasteiger partial charge is 0.130 e. The highest BCUT2D eigenvalue weighted by Gasteiger charge is 1.97. The van der Waals surface area contributed by atoms with E-state index in [1.807, 2.05) is 12.2 Å². The van der Waals surface area contributed by atoms with Gasteiger partial charge in [-0.1, -0.05) is 36.0 Å². The minimum atomic E-state index is 0.265. The summed E-state index contributed by atoms with van der Waals surface area (Å²) < 4.78 is 0. The Morgan fingerprint density at radius 2 is 2.33 bits per heavy atom. The summed E-state index contributed by atoms with van der Waals surface area (Å²) in [5, 5.41) is 0. The topological polar surface area (TPSA) is 17.1 Å². The van der Waals surface area contributed by atoms with Crippen molar-refractivity contribution >= 4 is 5.78 Å². The van der Waals surface area contributed by atoms with E-state index >= 15 is 0 Å². The van der Waals surface area contributed by atoms with Crippen LogP contribution in [0.15, 0.2) is 36.0 Å². The quantitative estimate of drug-likeness (QED) is 0.623. The molecule has 0 unspecified atom stereocenters. The van der Waals surface area contributed by atoms with Crippen LogP contribution in [0, 0.1) is 0 Å². The number of carbonyl (C=O) groups is 1. The van der Waals surface area contributed by atoms with Crippen molar-refractivity contribution in [2.24, 2.45) is 0 Å². The van der Waals surface area contributed by atoms with Gasteiger partial charge in [0, 0.05) is 6.42 Å². The summed E-state index contributed by atoms with van der Waals surface area (Å²) in [6.45, 7) is 1.64. The van der Waals surface area contributed by atoms with Gasteiger partial charge in [0.1, 0.15) is 5.78 Å². The van der Waals surface area contributed by atoms with Gasteiger partial charge >= 0.3 is 0 Å². The summed E-state index contributed by atoms with van der Waals surface area (Å²) in [6.07, 6.45) is 13.0. The molecule has 0 spiro atoms. The van der Waals surface area contributed by atoms with E-state index < -0.39 is 0 Å². The van der Waals surface area contributed by atoms with E-state index in [1.54, 1.807) is 6.92 Å². The van der Waals surface area contributed by atoms with Crippen molar-refractivity contribution in [1.29, 1.82) is 0 Å². The molecule has 0 bridgehead atoms. The molecule has 1 heteroatoms. The number of hydrogen-bond acceptors (Lipinski definition) is 1. The van der Waals surface area contributed by atoms with Crippen LogP contribution < -0.4 is 0 Å². The second kappa shape index (κ2) is 4.70. The van der Waals surface area contributed by atoms with Crippen LogP contribution in [0.4, 0.5) is 0 Å². The molecule has 1 nitrogen and oxygen atoms in total.